The smallest absolute Gasteiger partial charge is 0.222 e. The Morgan fingerprint density at radius 2 is 2.00 bits per heavy atom. The third-order valence-electron chi connectivity index (χ3n) is 3.82. The SMILES string of the molecule is COc1cc(Br)c(CNCCCN2CCCC2=O)cc1OC. The molecule has 0 spiro atoms. The first-order chi connectivity index (χ1) is 10.7. The Labute approximate surface area is 140 Å². The standard InChI is InChI=1S/C16H23BrN2O3/c1-21-14-9-12(13(17)10-15(14)22-2)11-18-6-4-8-19-7-3-5-16(19)20/h9-10,18H,3-8,11H2,1-2H3. The molecule has 1 amide bonds. The zero-order chi connectivity index (χ0) is 15.9. The van der Waals surface area contributed by atoms with Crippen LogP contribution in [-0.2, 0) is 11.3 Å². The summed E-state index contributed by atoms with van der Waals surface area (Å²) in [6.45, 7) is 3.39. The maximum absolute atomic E-state index is 11.5. The van der Waals surface area contributed by atoms with E-state index in [2.05, 4.69) is 21.2 Å². The van der Waals surface area contributed by atoms with Gasteiger partial charge in [0.05, 0.1) is 14.2 Å². The van der Waals surface area contributed by atoms with E-state index >= 15 is 0 Å². The summed E-state index contributed by atoms with van der Waals surface area (Å²) in [5, 5.41) is 3.41. The van der Waals surface area contributed by atoms with Crippen LogP contribution in [0.25, 0.3) is 0 Å². The van der Waals surface area contributed by atoms with Crippen LogP contribution in [0.4, 0.5) is 0 Å². The molecule has 1 saturated heterocycles. The summed E-state index contributed by atoms with van der Waals surface area (Å²) in [4.78, 5) is 13.5. The summed E-state index contributed by atoms with van der Waals surface area (Å²) < 4.78 is 11.6. The number of rotatable bonds is 8. The van der Waals surface area contributed by atoms with Crippen molar-refractivity contribution in [3.63, 3.8) is 0 Å². The molecule has 5 nitrogen and oxygen atoms in total. The van der Waals surface area contributed by atoms with Gasteiger partial charge in [0.2, 0.25) is 5.91 Å². The number of methoxy groups -OCH3 is 2. The van der Waals surface area contributed by atoms with Crippen LogP contribution in [0.5, 0.6) is 11.5 Å². The average molecular weight is 371 g/mol. The van der Waals surface area contributed by atoms with Crippen LogP contribution in [-0.4, -0.2) is 44.7 Å². The highest BCUT2D eigenvalue weighted by molar-refractivity contribution is 9.10. The molecule has 1 aliphatic rings. The van der Waals surface area contributed by atoms with Gasteiger partial charge in [0.1, 0.15) is 0 Å². The Morgan fingerprint density at radius 3 is 2.64 bits per heavy atom. The van der Waals surface area contributed by atoms with Crippen molar-refractivity contribution in [1.29, 1.82) is 0 Å². The minimum atomic E-state index is 0.294. The third kappa shape index (κ3) is 4.36. The topological polar surface area (TPSA) is 50.8 Å². The molecule has 2 rings (SSSR count). The van der Waals surface area contributed by atoms with E-state index in [0.29, 0.717) is 18.1 Å². The Bertz CT molecular complexity index is 522. The lowest BCUT2D eigenvalue weighted by Gasteiger charge is -2.16. The van der Waals surface area contributed by atoms with Crippen LogP contribution < -0.4 is 14.8 Å². The van der Waals surface area contributed by atoms with E-state index in [9.17, 15) is 4.79 Å². The van der Waals surface area contributed by atoms with Gasteiger partial charge in [0.25, 0.3) is 0 Å². The fourth-order valence-corrected chi connectivity index (χ4v) is 3.05. The molecule has 122 valence electrons. The van der Waals surface area contributed by atoms with Gasteiger partial charge < -0.3 is 19.7 Å². The number of halogens is 1. The van der Waals surface area contributed by atoms with Gasteiger partial charge in [0.15, 0.2) is 11.5 Å². The maximum Gasteiger partial charge on any atom is 0.222 e. The molecule has 1 aliphatic heterocycles. The molecule has 1 aromatic carbocycles. The first-order valence-electron chi connectivity index (χ1n) is 7.54. The van der Waals surface area contributed by atoms with Crippen LogP contribution in [0.15, 0.2) is 16.6 Å². The van der Waals surface area contributed by atoms with E-state index in [1.54, 1.807) is 14.2 Å². The summed E-state index contributed by atoms with van der Waals surface area (Å²) in [5.74, 6) is 1.73. The zero-order valence-electron chi connectivity index (χ0n) is 13.2. The Kier molecular flexibility index (Phi) is 6.51. The zero-order valence-corrected chi connectivity index (χ0v) is 14.7. The number of ether oxygens (including phenoxy) is 2. The monoisotopic (exact) mass is 370 g/mol. The van der Waals surface area contributed by atoms with Crippen LogP contribution in [0, 0.1) is 0 Å². The number of benzene rings is 1. The van der Waals surface area contributed by atoms with Gasteiger partial charge in [-0.25, -0.2) is 0 Å². The average Bonchev–Trinajstić information content (AvgIpc) is 2.93. The van der Waals surface area contributed by atoms with Crippen molar-refractivity contribution in [3.05, 3.63) is 22.2 Å². The number of amides is 1. The molecule has 22 heavy (non-hydrogen) atoms. The quantitative estimate of drug-likeness (QED) is 0.714. The lowest BCUT2D eigenvalue weighted by Crippen LogP contribution is -2.28. The number of likely N-dealkylation sites (tertiary alicyclic amines) is 1. The van der Waals surface area contributed by atoms with Gasteiger partial charge in [-0.3, -0.25) is 4.79 Å². The molecule has 0 bridgehead atoms. The molecule has 6 heteroatoms. The van der Waals surface area contributed by atoms with Crippen LogP contribution >= 0.6 is 15.9 Å². The molecule has 0 aliphatic carbocycles. The fourth-order valence-electron chi connectivity index (χ4n) is 2.59. The number of nitrogens with one attached hydrogen (secondary N) is 1. The lowest BCUT2D eigenvalue weighted by atomic mass is 10.2. The lowest BCUT2D eigenvalue weighted by molar-refractivity contribution is -0.127. The molecular weight excluding hydrogens is 348 g/mol. The normalized spacial score (nSPS) is 14.5. The molecule has 0 unspecified atom stereocenters. The van der Waals surface area contributed by atoms with Crippen LogP contribution in [0.2, 0.25) is 0 Å². The van der Waals surface area contributed by atoms with E-state index in [1.165, 1.54) is 0 Å². The summed E-state index contributed by atoms with van der Waals surface area (Å²) >= 11 is 3.55. The number of carbonyl (C=O) groups is 1. The van der Waals surface area contributed by atoms with Crippen molar-refractivity contribution in [3.8, 4) is 11.5 Å². The molecule has 0 aromatic heterocycles. The van der Waals surface area contributed by atoms with Crippen molar-refractivity contribution in [1.82, 2.24) is 10.2 Å². The second-order valence-electron chi connectivity index (χ2n) is 5.31. The second-order valence-corrected chi connectivity index (χ2v) is 6.17. The molecular formula is C16H23BrN2O3. The molecule has 1 fully saturated rings. The summed E-state index contributed by atoms with van der Waals surface area (Å²) in [6.07, 6.45) is 2.69. The van der Waals surface area contributed by atoms with E-state index in [4.69, 9.17) is 9.47 Å². The molecule has 0 saturated carbocycles. The van der Waals surface area contributed by atoms with Crippen molar-refractivity contribution < 1.29 is 14.3 Å². The summed E-state index contributed by atoms with van der Waals surface area (Å²) in [5.41, 5.74) is 1.12. The van der Waals surface area contributed by atoms with E-state index in [-0.39, 0.29) is 0 Å². The van der Waals surface area contributed by atoms with Gasteiger partial charge in [-0.2, -0.15) is 0 Å². The molecule has 0 atom stereocenters. The van der Waals surface area contributed by atoms with Gasteiger partial charge >= 0.3 is 0 Å². The fraction of sp³-hybridized carbons (Fsp3) is 0.562. The third-order valence-corrected chi connectivity index (χ3v) is 4.56. The number of hydrogen-bond donors (Lipinski definition) is 1. The van der Waals surface area contributed by atoms with Gasteiger partial charge in [-0.1, -0.05) is 15.9 Å². The highest BCUT2D eigenvalue weighted by Gasteiger charge is 2.18. The number of nitrogens with zero attached hydrogens (tertiary/aromatic N) is 1. The van der Waals surface area contributed by atoms with Gasteiger partial charge in [-0.15, -0.1) is 0 Å². The molecule has 0 radical (unpaired) electrons. The Hall–Kier alpha value is -1.27. The number of hydrogen-bond acceptors (Lipinski definition) is 4. The van der Waals surface area contributed by atoms with E-state index < -0.39 is 0 Å². The predicted octanol–water partition coefficient (Wildman–Crippen LogP) is 2.57. The Balaban J connectivity index is 1.78. The highest BCUT2D eigenvalue weighted by atomic mass is 79.9. The summed E-state index contributed by atoms with van der Waals surface area (Å²) in [7, 11) is 3.26. The molecule has 1 N–H and O–H groups in total. The van der Waals surface area contributed by atoms with E-state index in [0.717, 1.165) is 54.8 Å². The number of carbonyl (C=O) groups excluding carboxylic acids is 1. The van der Waals surface area contributed by atoms with Crippen molar-refractivity contribution >= 4 is 21.8 Å². The van der Waals surface area contributed by atoms with Crippen LogP contribution in [0.3, 0.4) is 0 Å². The second kappa shape index (κ2) is 8.39. The highest BCUT2D eigenvalue weighted by Crippen LogP contribution is 2.33. The molecule has 1 aromatic rings. The van der Waals surface area contributed by atoms with E-state index in [1.807, 2.05) is 17.0 Å². The largest absolute Gasteiger partial charge is 0.493 e. The Morgan fingerprint density at radius 1 is 1.27 bits per heavy atom. The minimum Gasteiger partial charge on any atom is -0.493 e. The summed E-state index contributed by atoms with van der Waals surface area (Å²) in [6, 6.07) is 3.89. The van der Waals surface area contributed by atoms with Gasteiger partial charge in [0, 0.05) is 30.5 Å². The van der Waals surface area contributed by atoms with Crippen molar-refractivity contribution in [2.45, 2.75) is 25.8 Å². The van der Waals surface area contributed by atoms with Crippen LogP contribution in [0.1, 0.15) is 24.8 Å². The first-order valence-corrected chi connectivity index (χ1v) is 8.34. The van der Waals surface area contributed by atoms with Crippen molar-refractivity contribution in [2.75, 3.05) is 33.9 Å². The molecule has 1 heterocycles. The van der Waals surface area contributed by atoms with Gasteiger partial charge in [-0.05, 0) is 37.1 Å². The maximum atomic E-state index is 11.5. The minimum absolute atomic E-state index is 0.294. The predicted molar refractivity (Wildman–Crippen MR) is 89.4 cm³/mol. The van der Waals surface area contributed by atoms with Crippen molar-refractivity contribution in [2.24, 2.45) is 0 Å². The first kappa shape index (κ1) is 17.1.